The summed E-state index contributed by atoms with van der Waals surface area (Å²) < 4.78 is 1.97. The van der Waals surface area contributed by atoms with Crippen molar-refractivity contribution in [2.45, 2.75) is 19.9 Å². The minimum absolute atomic E-state index is 0.136. The Balaban J connectivity index is 2.57. The molecule has 0 radical (unpaired) electrons. The SMILES string of the molecule is Cc1ccc2nc(CC(=O)[O-])c(C[NH+](C)C)n2c1. The lowest BCUT2D eigenvalue weighted by Gasteiger charge is -2.09. The van der Waals surface area contributed by atoms with Crippen LogP contribution in [0.1, 0.15) is 17.0 Å². The normalized spacial score (nSPS) is 11.3. The van der Waals surface area contributed by atoms with Crippen LogP contribution < -0.4 is 10.0 Å². The average molecular weight is 247 g/mol. The minimum Gasteiger partial charge on any atom is -0.550 e. The lowest BCUT2D eigenvalue weighted by molar-refractivity contribution is -0.873. The molecule has 0 aliphatic carbocycles. The number of fused-ring (bicyclic) bond motifs is 1. The van der Waals surface area contributed by atoms with Gasteiger partial charge in [0.25, 0.3) is 0 Å². The Hall–Kier alpha value is -1.88. The lowest BCUT2D eigenvalue weighted by Crippen LogP contribution is -3.04. The summed E-state index contributed by atoms with van der Waals surface area (Å²) in [7, 11) is 4.05. The van der Waals surface area contributed by atoms with E-state index in [0.717, 1.165) is 23.4 Å². The molecule has 0 aromatic carbocycles. The van der Waals surface area contributed by atoms with Gasteiger partial charge < -0.3 is 14.8 Å². The maximum absolute atomic E-state index is 10.8. The van der Waals surface area contributed by atoms with Gasteiger partial charge in [0.05, 0.1) is 19.8 Å². The first-order valence-corrected chi connectivity index (χ1v) is 5.92. The third kappa shape index (κ3) is 2.51. The zero-order valence-corrected chi connectivity index (χ0v) is 10.9. The third-order valence-corrected chi connectivity index (χ3v) is 2.78. The van der Waals surface area contributed by atoms with Crippen molar-refractivity contribution >= 4 is 11.6 Å². The van der Waals surface area contributed by atoms with Crippen LogP contribution in [0.5, 0.6) is 0 Å². The van der Waals surface area contributed by atoms with Crippen LogP contribution in [0.3, 0.4) is 0 Å². The molecule has 0 atom stereocenters. The highest BCUT2D eigenvalue weighted by molar-refractivity contribution is 5.68. The predicted octanol–water partition coefficient (Wildman–Crippen LogP) is -1.42. The lowest BCUT2D eigenvalue weighted by atomic mass is 10.2. The molecule has 2 heterocycles. The van der Waals surface area contributed by atoms with E-state index in [0.29, 0.717) is 5.69 Å². The van der Waals surface area contributed by atoms with Gasteiger partial charge in [0.15, 0.2) is 0 Å². The first-order valence-electron chi connectivity index (χ1n) is 5.92. The van der Waals surface area contributed by atoms with E-state index in [4.69, 9.17) is 0 Å². The number of hydrogen-bond donors (Lipinski definition) is 1. The van der Waals surface area contributed by atoms with Crippen molar-refractivity contribution in [1.29, 1.82) is 0 Å². The third-order valence-electron chi connectivity index (χ3n) is 2.78. The van der Waals surface area contributed by atoms with Crippen LogP contribution in [0.25, 0.3) is 5.65 Å². The van der Waals surface area contributed by atoms with Crippen LogP contribution in [-0.4, -0.2) is 29.4 Å². The second-order valence-corrected chi connectivity index (χ2v) is 4.87. The summed E-state index contributed by atoms with van der Waals surface area (Å²) in [5.74, 6) is -1.09. The summed E-state index contributed by atoms with van der Waals surface area (Å²) in [4.78, 5) is 16.4. The van der Waals surface area contributed by atoms with Gasteiger partial charge in [0.2, 0.25) is 0 Å². The van der Waals surface area contributed by atoms with E-state index < -0.39 is 5.97 Å². The summed E-state index contributed by atoms with van der Waals surface area (Å²) in [6.45, 7) is 2.73. The van der Waals surface area contributed by atoms with Gasteiger partial charge in [-0.05, 0) is 18.6 Å². The average Bonchev–Trinajstić information content (AvgIpc) is 2.55. The molecule has 0 amide bonds. The van der Waals surface area contributed by atoms with Crippen LogP contribution in [0, 0.1) is 6.92 Å². The molecule has 5 heteroatoms. The number of pyridine rings is 1. The predicted molar refractivity (Wildman–Crippen MR) is 65.2 cm³/mol. The van der Waals surface area contributed by atoms with Crippen molar-refractivity contribution in [1.82, 2.24) is 9.38 Å². The fourth-order valence-corrected chi connectivity index (χ4v) is 2.05. The van der Waals surface area contributed by atoms with Crippen LogP contribution in [0.4, 0.5) is 0 Å². The number of aliphatic carboxylic acids is 1. The van der Waals surface area contributed by atoms with Crippen LogP contribution in [-0.2, 0) is 17.8 Å². The molecule has 5 nitrogen and oxygen atoms in total. The summed E-state index contributed by atoms with van der Waals surface area (Å²) >= 11 is 0. The van der Waals surface area contributed by atoms with Crippen molar-refractivity contribution in [2.75, 3.05) is 14.1 Å². The molecule has 96 valence electrons. The summed E-state index contributed by atoms with van der Waals surface area (Å²) in [6.07, 6.45) is 1.85. The number of imidazole rings is 1. The Morgan fingerprint density at radius 1 is 1.44 bits per heavy atom. The van der Waals surface area contributed by atoms with Crippen LogP contribution >= 0.6 is 0 Å². The van der Waals surface area contributed by atoms with E-state index in [1.54, 1.807) is 0 Å². The van der Waals surface area contributed by atoms with Crippen molar-refractivity contribution in [3.63, 3.8) is 0 Å². The van der Waals surface area contributed by atoms with E-state index in [9.17, 15) is 9.90 Å². The number of quaternary nitrogens is 1. The Bertz CT molecular complexity index is 587. The number of carboxylic acids is 1. The maximum Gasteiger partial charge on any atom is 0.137 e. The zero-order valence-electron chi connectivity index (χ0n) is 10.9. The van der Waals surface area contributed by atoms with Gasteiger partial charge in [-0.25, -0.2) is 4.98 Å². The number of aromatic nitrogens is 2. The van der Waals surface area contributed by atoms with Gasteiger partial charge in [-0.2, -0.15) is 0 Å². The molecule has 0 saturated heterocycles. The van der Waals surface area contributed by atoms with E-state index in [2.05, 4.69) is 4.98 Å². The highest BCUT2D eigenvalue weighted by atomic mass is 16.4. The van der Waals surface area contributed by atoms with E-state index in [-0.39, 0.29) is 6.42 Å². The van der Waals surface area contributed by atoms with E-state index in [1.807, 2.05) is 43.7 Å². The molecule has 18 heavy (non-hydrogen) atoms. The van der Waals surface area contributed by atoms with Gasteiger partial charge in [0, 0.05) is 18.6 Å². The topological polar surface area (TPSA) is 61.9 Å². The molecule has 0 fully saturated rings. The van der Waals surface area contributed by atoms with Crippen molar-refractivity contribution in [2.24, 2.45) is 0 Å². The van der Waals surface area contributed by atoms with E-state index in [1.165, 1.54) is 4.90 Å². The largest absolute Gasteiger partial charge is 0.550 e. The molecule has 0 saturated carbocycles. The van der Waals surface area contributed by atoms with Crippen molar-refractivity contribution < 1.29 is 14.8 Å². The van der Waals surface area contributed by atoms with Gasteiger partial charge in [-0.1, -0.05) is 6.07 Å². The Morgan fingerprint density at radius 3 is 2.78 bits per heavy atom. The second-order valence-electron chi connectivity index (χ2n) is 4.87. The van der Waals surface area contributed by atoms with Crippen LogP contribution in [0.2, 0.25) is 0 Å². The van der Waals surface area contributed by atoms with Gasteiger partial charge in [0.1, 0.15) is 17.9 Å². The Kier molecular flexibility index (Phi) is 3.34. The fraction of sp³-hybridized carbons (Fsp3) is 0.385. The molecular formula is C13H17N3O2. The maximum atomic E-state index is 10.8. The zero-order chi connectivity index (χ0) is 13.3. The molecule has 0 aliphatic heterocycles. The quantitative estimate of drug-likeness (QED) is 0.721. The molecular weight excluding hydrogens is 230 g/mol. The number of carbonyl (C=O) groups excluding carboxylic acids is 1. The number of carbonyl (C=O) groups is 1. The molecule has 2 rings (SSSR count). The van der Waals surface area contributed by atoms with Crippen molar-refractivity contribution in [3.05, 3.63) is 35.3 Å². The van der Waals surface area contributed by atoms with Gasteiger partial charge in [-0.15, -0.1) is 0 Å². The van der Waals surface area contributed by atoms with Crippen LogP contribution in [0.15, 0.2) is 18.3 Å². The molecule has 0 spiro atoms. The highest BCUT2D eigenvalue weighted by Gasteiger charge is 2.14. The molecule has 2 aromatic heterocycles. The number of aryl methyl sites for hydroxylation is 1. The smallest absolute Gasteiger partial charge is 0.137 e. The second kappa shape index (κ2) is 4.78. The minimum atomic E-state index is -1.09. The van der Waals surface area contributed by atoms with Gasteiger partial charge in [-0.3, -0.25) is 4.40 Å². The molecule has 0 aliphatic rings. The number of hydrogen-bond acceptors (Lipinski definition) is 3. The van der Waals surface area contributed by atoms with Gasteiger partial charge >= 0.3 is 0 Å². The number of nitrogens with zero attached hydrogens (tertiary/aromatic N) is 2. The number of nitrogens with one attached hydrogen (secondary N) is 1. The standard InChI is InChI=1S/C13H17N3O2/c1-9-4-5-12-14-10(6-13(17)18)11(8-15(2)3)16(12)7-9/h4-5,7H,6,8H2,1-3H3,(H,17,18). The summed E-state index contributed by atoms with van der Waals surface area (Å²) in [5.41, 5.74) is 3.45. The number of carboxylic acid groups (broad SMARTS) is 1. The first-order chi connectivity index (χ1) is 8.47. The Labute approximate surface area is 106 Å². The molecule has 0 unspecified atom stereocenters. The van der Waals surface area contributed by atoms with Crippen molar-refractivity contribution in [3.8, 4) is 0 Å². The first kappa shape index (κ1) is 12.6. The molecule has 0 bridgehead atoms. The Morgan fingerprint density at radius 2 is 2.17 bits per heavy atom. The summed E-state index contributed by atoms with van der Waals surface area (Å²) in [6, 6.07) is 3.88. The monoisotopic (exact) mass is 247 g/mol. The summed E-state index contributed by atoms with van der Waals surface area (Å²) in [5, 5.41) is 10.8. The highest BCUT2D eigenvalue weighted by Crippen LogP contribution is 2.14. The fourth-order valence-electron chi connectivity index (χ4n) is 2.05. The van der Waals surface area contributed by atoms with E-state index >= 15 is 0 Å². The molecule has 2 aromatic rings. The number of rotatable bonds is 4. The molecule has 1 N–H and O–H groups in total.